The highest BCUT2D eigenvalue weighted by molar-refractivity contribution is 5.92. The number of carbonyl (C=O) groups is 1. The van der Waals surface area contributed by atoms with Gasteiger partial charge in [-0.1, -0.05) is 13.3 Å². The van der Waals surface area contributed by atoms with E-state index in [1.54, 1.807) is 18.5 Å². The molecule has 3 heterocycles. The number of pyridine rings is 1. The average Bonchev–Trinajstić information content (AvgIpc) is 3.26. The fourth-order valence-electron chi connectivity index (χ4n) is 2.71. The van der Waals surface area contributed by atoms with Crippen LogP contribution in [0.2, 0.25) is 0 Å². The van der Waals surface area contributed by atoms with Crippen molar-refractivity contribution in [2.75, 3.05) is 13.1 Å². The summed E-state index contributed by atoms with van der Waals surface area (Å²) in [5, 5.41) is 13.1. The lowest BCUT2D eigenvalue weighted by Crippen LogP contribution is -2.25. The monoisotopic (exact) mass is 329 g/mol. The van der Waals surface area contributed by atoms with Gasteiger partial charge in [-0.05, 0) is 31.5 Å². The topological polar surface area (TPSA) is 91.9 Å². The van der Waals surface area contributed by atoms with E-state index < -0.39 is 0 Å². The minimum absolute atomic E-state index is 0.159. The molecule has 128 valence electrons. The Morgan fingerprint density at radius 2 is 2.42 bits per heavy atom. The van der Waals surface area contributed by atoms with E-state index in [2.05, 4.69) is 32.7 Å². The van der Waals surface area contributed by atoms with Crippen molar-refractivity contribution >= 4 is 5.91 Å². The van der Waals surface area contributed by atoms with Gasteiger partial charge in [0.15, 0.2) is 0 Å². The molecule has 0 radical (unpaired) electrons. The van der Waals surface area contributed by atoms with Crippen LogP contribution < -0.4 is 15.4 Å². The smallest absolute Gasteiger partial charge is 0.272 e. The summed E-state index contributed by atoms with van der Waals surface area (Å²) in [6.07, 6.45) is 6.44. The number of nitrogens with one attached hydrogen (secondary N) is 3. The molecule has 1 atom stereocenters. The van der Waals surface area contributed by atoms with Crippen LogP contribution in [0, 0.1) is 0 Å². The molecule has 1 aliphatic heterocycles. The maximum atomic E-state index is 12.2. The molecular formula is C17H23N5O2. The molecule has 1 saturated heterocycles. The summed E-state index contributed by atoms with van der Waals surface area (Å²) in [6, 6.07) is 3.66. The zero-order valence-corrected chi connectivity index (χ0v) is 13.8. The largest absolute Gasteiger partial charge is 0.487 e. The highest BCUT2D eigenvalue weighted by Gasteiger charge is 2.18. The fraction of sp³-hybridized carbons (Fsp3) is 0.471. The van der Waals surface area contributed by atoms with Crippen molar-refractivity contribution in [3.05, 3.63) is 41.5 Å². The third-order valence-corrected chi connectivity index (χ3v) is 4.00. The third kappa shape index (κ3) is 4.11. The van der Waals surface area contributed by atoms with E-state index in [-0.39, 0.29) is 12.0 Å². The van der Waals surface area contributed by atoms with E-state index in [0.717, 1.165) is 49.4 Å². The SMILES string of the molecule is CCCc1cc(C(=O)NCc2ccncc2O[C@H]2CCNC2)n[nH]1. The van der Waals surface area contributed by atoms with Crippen LogP contribution in [0.4, 0.5) is 0 Å². The van der Waals surface area contributed by atoms with Gasteiger partial charge >= 0.3 is 0 Å². The van der Waals surface area contributed by atoms with Crippen molar-refractivity contribution in [1.82, 2.24) is 25.8 Å². The number of amides is 1. The van der Waals surface area contributed by atoms with E-state index in [1.807, 2.05) is 6.07 Å². The van der Waals surface area contributed by atoms with Crippen LogP contribution in [-0.2, 0) is 13.0 Å². The van der Waals surface area contributed by atoms with Gasteiger partial charge in [0.2, 0.25) is 0 Å². The first-order valence-electron chi connectivity index (χ1n) is 8.39. The van der Waals surface area contributed by atoms with Crippen molar-refractivity contribution in [3.63, 3.8) is 0 Å². The van der Waals surface area contributed by atoms with Crippen molar-refractivity contribution in [2.45, 2.75) is 38.8 Å². The molecule has 0 unspecified atom stereocenters. The van der Waals surface area contributed by atoms with E-state index in [0.29, 0.717) is 12.2 Å². The molecule has 7 heteroatoms. The predicted molar refractivity (Wildman–Crippen MR) is 89.9 cm³/mol. The number of carbonyl (C=O) groups excluding carboxylic acids is 1. The average molecular weight is 329 g/mol. The minimum atomic E-state index is -0.195. The Bertz CT molecular complexity index is 679. The summed E-state index contributed by atoms with van der Waals surface area (Å²) in [5.41, 5.74) is 2.30. The maximum Gasteiger partial charge on any atom is 0.272 e. The molecule has 0 bridgehead atoms. The third-order valence-electron chi connectivity index (χ3n) is 4.00. The second kappa shape index (κ2) is 7.92. The number of hydrogen-bond donors (Lipinski definition) is 3. The molecule has 0 aliphatic carbocycles. The summed E-state index contributed by atoms with van der Waals surface area (Å²) in [7, 11) is 0. The van der Waals surface area contributed by atoms with Crippen molar-refractivity contribution in [2.24, 2.45) is 0 Å². The van der Waals surface area contributed by atoms with Crippen LogP contribution >= 0.6 is 0 Å². The highest BCUT2D eigenvalue weighted by atomic mass is 16.5. The Hall–Kier alpha value is -2.41. The number of aromatic amines is 1. The number of ether oxygens (including phenoxy) is 1. The molecule has 0 aromatic carbocycles. The Morgan fingerprint density at radius 1 is 1.50 bits per heavy atom. The van der Waals surface area contributed by atoms with Gasteiger partial charge in [0, 0.05) is 30.5 Å². The molecule has 2 aromatic heterocycles. The Labute approximate surface area is 141 Å². The predicted octanol–water partition coefficient (Wildman–Crippen LogP) is 1.43. The van der Waals surface area contributed by atoms with Crippen molar-refractivity contribution in [1.29, 1.82) is 0 Å². The Morgan fingerprint density at radius 3 is 3.21 bits per heavy atom. The van der Waals surface area contributed by atoms with Gasteiger partial charge in [0.05, 0.1) is 6.20 Å². The molecule has 3 N–H and O–H groups in total. The molecular weight excluding hydrogens is 306 g/mol. The van der Waals surface area contributed by atoms with Crippen LogP contribution in [0.5, 0.6) is 5.75 Å². The summed E-state index contributed by atoms with van der Waals surface area (Å²) >= 11 is 0. The number of hydrogen-bond acceptors (Lipinski definition) is 5. The molecule has 3 rings (SSSR count). The van der Waals surface area contributed by atoms with Crippen LogP contribution in [0.1, 0.15) is 41.5 Å². The van der Waals surface area contributed by atoms with Gasteiger partial charge in [-0.3, -0.25) is 14.9 Å². The van der Waals surface area contributed by atoms with E-state index >= 15 is 0 Å². The van der Waals surface area contributed by atoms with Gasteiger partial charge in [0.1, 0.15) is 17.5 Å². The maximum absolute atomic E-state index is 12.2. The zero-order valence-electron chi connectivity index (χ0n) is 13.8. The summed E-state index contributed by atoms with van der Waals surface area (Å²) in [4.78, 5) is 16.4. The zero-order chi connectivity index (χ0) is 16.8. The molecule has 7 nitrogen and oxygen atoms in total. The molecule has 1 aliphatic rings. The standard InChI is InChI=1S/C17H23N5O2/c1-2-3-13-8-15(22-21-13)17(23)20-9-12-4-6-19-11-16(12)24-14-5-7-18-10-14/h4,6,8,11,14,18H,2-3,5,7,9-10H2,1H3,(H,20,23)(H,21,22)/t14-/m0/s1. The van der Waals surface area contributed by atoms with E-state index in [4.69, 9.17) is 4.74 Å². The lowest BCUT2D eigenvalue weighted by Gasteiger charge is -2.15. The normalized spacial score (nSPS) is 17.0. The molecule has 0 saturated carbocycles. The summed E-state index contributed by atoms with van der Waals surface area (Å²) < 4.78 is 5.98. The fourth-order valence-corrected chi connectivity index (χ4v) is 2.71. The molecule has 0 spiro atoms. The van der Waals surface area contributed by atoms with Crippen molar-refractivity contribution in [3.8, 4) is 5.75 Å². The molecule has 1 fully saturated rings. The van der Waals surface area contributed by atoms with E-state index in [9.17, 15) is 4.79 Å². The first-order chi connectivity index (χ1) is 11.8. The first-order valence-corrected chi connectivity index (χ1v) is 8.39. The Balaban J connectivity index is 1.60. The number of aromatic nitrogens is 3. The number of nitrogens with zero attached hydrogens (tertiary/aromatic N) is 2. The lowest BCUT2D eigenvalue weighted by atomic mass is 10.2. The van der Waals surface area contributed by atoms with Gasteiger partial charge in [-0.2, -0.15) is 5.10 Å². The number of H-pyrrole nitrogens is 1. The summed E-state index contributed by atoms with van der Waals surface area (Å²) in [6.45, 7) is 4.28. The van der Waals surface area contributed by atoms with Gasteiger partial charge in [-0.15, -0.1) is 0 Å². The molecule has 24 heavy (non-hydrogen) atoms. The van der Waals surface area contributed by atoms with Gasteiger partial charge in [0.25, 0.3) is 5.91 Å². The van der Waals surface area contributed by atoms with Crippen LogP contribution in [0.3, 0.4) is 0 Å². The Kier molecular flexibility index (Phi) is 5.43. The molecule has 1 amide bonds. The van der Waals surface area contributed by atoms with Crippen LogP contribution in [0.25, 0.3) is 0 Å². The van der Waals surface area contributed by atoms with Crippen molar-refractivity contribution < 1.29 is 9.53 Å². The van der Waals surface area contributed by atoms with E-state index in [1.165, 1.54) is 0 Å². The minimum Gasteiger partial charge on any atom is -0.487 e. The number of rotatable bonds is 7. The lowest BCUT2D eigenvalue weighted by molar-refractivity contribution is 0.0945. The second-order valence-corrected chi connectivity index (χ2v) is 5.93. The first kappa shape index (κ1) is 16.4. The summed E-state index contributed by atoms with van der Waals surface area (Å²) in [5.74, 6) is 0.527. The van der Waals surface area contributed by atoms with Gasteiger partial charge < -0.3 is 15.4 Å². The molecule has 2 aromatic rings. The van der Waals surface area contributed by atoms with Crippen LogP contribution in [0.15, 0.2) is 24.5 Å². The highest BCUT2D eigenvalue weighted by Crippen LogP contribution is 2.19. The quantitative estimate of drug-likeness (QED) is 0.715. The number of aryl methyl sites for hydroxylation is 1. The van der Waals surface area contributed by atoms with Gasteiger partial charge in [-0.25, -0.2) is 0 Å². The second-order valence-electron chi connectivity index (χ2n) is 5.93. The van der Waals surface area contributed by atoms with Crippen LogP contribution in [-0.4, -0.2) is 40.3 Å².